The summed E-state index contributed by atoms with van der Waals surface area (Å²) in [5.74, 6) is 0.258. The molecule has 0 unspecified atom stereocenters. The Bertz CT molecular complexity index is 732. The van der Waals surface area contributed by atoms with E-state index >= 15 is 0 Å². The lowest BCUT2D eigenvalue weighted by atomic mass is 10.2. The molecule has 0 bridgehead atoms. The minimum Gasteiger partial charge on any atom is -0.372 e. The Balaban J connectivity index is 1.54. The number of aromatic nitrogens is 2. The van der Waals surface area contributed by atoms with Crippen LogP contribution >= 0.6 is 11.8 Å². The normalized spacial score (nSPS) is 14.0. The average Bonchev–Trinajstić information content (AvgIpc) is 3.13. The highest BCUT2D eigenvalue weighted by Gasteiger charge is 2.12. The Kier molecular flexibility index (Phi) is 5.58. The molecule has 1 amide bonds. The summed E-state index contributed by atoms with van der Waals surface area (Å²) in [6.45, 7) is 8.19. The van der Waals surface area contributed by atoms with Crippen LogP contribution in [-0.4, -0.2) is 34.7 Å². The number of hydrogen-bond donors (Lipinski definition) is 1. The molecule has 0 radical (unpaired) electrons. The Morgan fingerprint density at radius 3 is 2.28 bits per heavy atom. The van der Waals surface area contributed by atoms with Crippen LogP contribution in [0.15, 0.2) is 29.4 Å². The molecule has 0 aliphatic carbocycles. The Hall–Kier alpha value is -2.08. The molecule has 0 spiro atoms. The van der Waals surface area contributed by atoms with Gasteiger partial charge in [0.05, 0.1) is 5.75 Å². The van der Waals surface area contributed by atoms with E-state index < -0.39 is 0 Å². The van der Waals surface area contributed by atoms with Gasteiger partial charge in [0.25, 0.3) is 0 Å². The molecule has 5 nitrogen and oxygen atoms in total. The van der Waals surface area contributed by atoms with Gasteiger partial charge < -0.3 is 10.2 Å². The standard InChI is InChI=1S/C19H24N4OS/c1-13-14(2)20-19(21-15(13)3)25-12-18(24)22-16-6-8-17(9-7-16)23-10-4-5-11-23/h6-9H,4-5,10-12H2,1-3H3,(H,22,24). The van der Waals surface area contributed by atoms with Crippen LogP contribution in [-0.2, 0) is 4.79 Å². The highest BCUT2D eigenvalue weighted by atomic mass is 32.2. The molecule has 6 heteroatoms. The predicted octanol–water partition coefficient (Wildman–Crippen LogP) is 3.73. The van der Waals surface area contributed by atoms with Gasteiger partial charge in [0, 0.05) is 35.9 Å². The molecule has 2 aromatic rings. The third-order valence-electron chi connectivity index (χ3n) is 4.57. The first-order chi connectivity index (χ1) is 12.0. The lowest BCUT2D eigenvalue weighted by Gasteiger charge is -2.17. The monoisotopic (exact) mass is 356 g/mol. The highest BCUT2D eigenvalue weighted by molar-refractivity contribution is 7.99. The number of benzene rings is 1. The summed E-state index contributed by atoms with van der Waals surface area (Å²) in [7, 11) is 0. The molecule has 132 valence electrons. The molecule has 1 aromatic heterocycles. The Morgan fingerprint density at radius 2 is 1.68 bits per heavy atom. The van der Waals surface area contributed by atoms with Crippen LogP contribution in [0.1, 0.15) is 29.8 Å². The largest absolute Gasteiger partial charge is 0.372 e. The minimum absolute atomic E-state index is 0.0431. The SMILES string of the molecule is Cc1nc(SCC(=O)Nc2ccc(N3CCCC3)cc2)nc(C)c1C. The van der Waals surface area contributed by atoms with Crippen LogP contribution in [0.4, 0.5) is 11.4 Å². The maximum Gasteiger partial charge on any atom is 0.234 e. The Labute approximate surface area is 153 Å². The van der Waals surface area contributed by atoms with Gasteiger partial charge in [-0.1, -0.05) is 11.8 Å². The van der Waals surface area contributed by atoms with Crippen molar-refractivity contribution in [2.45, 2.75) is 38.8 Å². The molecule has 25 heavy (non-hydrogen) atoms. The van der Waals surface area contributed by atoms with Crippen molar-refractivity contribution in [3.05, 3.63) is 41.2 Å². The average molecular weight is 356 g/mol. The number of rotatable bonds is 5. The van der Waals surface area contributed by atoms with Gasteiger partial charge in [0.2, 0.25) is 5.91 Å². The number of nitrogens with zero attached hydrogens (tertiary/aromatic N) is 3. The van der Waals surface area contributed by atoms with Gasteiger partial charge in [-0.2, -0.15) is 0 Å². The molecule has 0 atom stereocenters. The zero-order valence-electron chi connectivity index (χ0n) is 15.0. The van der Waals surface area contributed by atoms with Gasteiger partial charge in [-0.3, -0.25) is 4.79 Å². The summed E-state index contributed by atoms with van der Waals surface area (Å²) in [4.78, 5) is 23.4. The summed E-state index contributed by atoms with van der Waals surface area (Å²) < 4.78 is 0. The number of carbonyl (C=O) groups excluding carboxylic acids is 1. The van der Waals surface area contributed by atoms with Gasteiger partial charge >= 0.3 is 0 Å². The van der Waals surface area contributed by atoms with Crippen molar-refractivity contribution in [3.8, 4) is 0 Å². The van der Waals surface area contributed by atoms with Crippen molar-refractivity contribution >= 4 is 29.0 Å². The van der Waals surface area contributed by atoms with E-state index in [0.717, 1.165) is 35.7 Å². The molecular formula is C19H24N4OS. The first kappa shape index (κ1) is 17.7. The maximum absolute atomic E-state index is 12.2. The molecule has 0 saturated carbocycles. The van der Waals surface area contributed by atoms with Gasteiger partial charge in [-0.15, -0.1) is 0 Å². The zero-order valence-corrected chi connectivity index (χ0v) is 15.8. The lowest BCUT2D eigenvalue weighted by Crippen LogP contribution is -2.18. The van der Waals surface area contributed by atoms with Crippen LogP contribution < -0.4 is 10.2 Å². The van der Waals surface area contributed by atoms with Crippen molar-refractivity contribution in [1.29, 1.82) is 0 Å². The third kappa shape index (κ3) is 4.51. The molecule has 2 heterocycles. The fraction of sp³-hybridized carbons (Fsp3) is 0.421. The second-order valence-electron chi connectivity index (χ2n) is 6.38. The first-order valence-corrected chi connectivity index (χ1v) is 9.61. The van der Waals surface area contributed by atoms with Gasteiger partial charge in [0.15, 0.2) is 5.16 Å². The summed E-state index contributed by atoms with van der Waals surface area (Å²) in [5.41, 5.74) is 5.09. The van der Waals surface area contributed by atoms with Crippen LogP contribution in [0.5, 0.6) is 0 Å². The number of anilines is 2. The maximum atomic E-state index is 12.2. The van der Waals surface area contributed by atoms with E-state index in [1.807, 2.05) is 32.9 Å². The molecule has 1 aromatic carbocycles. The van der Waals surface area contributed by atoms with Gasteiger partial charge in [-0.05, 0) is 63.4 Å². The van der Waals surface area contributed by atoms with Crippen LogP contribution in [0.2, 0.25) is 0 Å². The zero-order chi connectivity index (χ0) is 17.8. The van der Waals surface area contributed by atoms with E-state index in [1.54, 1.807) is 0 Å². The second-order valence-corrected chi connectivity index (χ2v) is 7.32. The molecule has 1 saturated heterocycles. The molecular weight excluding hydrogens is 332 g/mol. The quantitative estimate of drug-likeness (QED) is 0.653. The van der Waals surface area contributed by atoms with Gasteiger partial charge in [-0.25, -0.2) is 9.97 Å². The smallest absolute Gasteiger partial charge is 0.234 e. The summed E-state index contributed by atoms with van der Waals surface area (Å²) >= 11 is 1.37. The topological polar surface area (TPSA) is 58.1 Å². The molecule has 1 aliphatic rings. The fourth-order valence-electron chi connectivity index (χ4n) is 2.86. The molecule has 1 N–H and O–H groups in total. The molecule has 3 rings (SSSR count). The number of aryl methyl sites for hydroxylation is 2. The highest BCUT2D eigenvalue weighted by Crippen LogP contribution is 2.22. The molecule has 1 fully saturated rings. The first-order valence-electron chi connectivity index (χ1n) is 8.62. The third-order valence-corrected chi connectivity index (χ3v) is 5.41. The minimum atomic E-state index is -0.0431. The predicted molar refractivity (Wildman–Crippen MR) is 103 cm³/mol. The lowest BCUT2D eigenvalue weighted by molar-refractivity contribution is -0.113. The summed E-state index contributed by atoms with van der Waals surface area (Å²) in [6, 6.07) is 8.08. The number of hydrogen-bond acceptors (Lipinski definition) is 5. The van der Waals surface area contributed by atoms with Crippen molar-refractivity contribution in [2.75, 3.05) is 29.1 Å². The van der Waals surface area contributed by atoms with Crippen molar-refractivity contribution < 1.29 is 4.79 Å². The number of carbonyl (C=O) groups is 1. The van der Waals surface area contributed by atoms with Crippen LogP contribution in [0, 0.1) is 20.8 Å². The van der Waals surface area contributed by atoms with E-state index in [-0.39, 0.29) is 5.91 Å². The van der Waals surface area contributed by atoms with Crippen LogP contribution in [0.3, 0.4) is 0 Å². The van der Waals surface area contributed by atoms with Crippen molar-refractivity contribution in [3.63, 3.8) is 0 Å². The van der Waals surface area contributed by atoms with E-state index in [4.69, 9.17) is 0 Å². The number of amides is 1. The van der Waals surface area contributed by atoms with E-state index in [2.05, 4.69) is 32.3 Å². The van der Waals surface area contributed by atoms with E-state index in [1.165, 1.54) is 30.3 Å². The number of nitrogens with one attached hydrogen (secondary N) is 1. The van der Waals surface area contributed by atoms with Crippen LogP contribution in [0.25, 0.3) is 0 Å². The fourth-order valence-corrected chi connectivity index (χ4v) is 3.60. The van der Waals surface area contributed by atoms with Gasteiger partial charge in [0.1, 0.15) is 0 Å². The van der Waals surface area contributed by atoms with Crippen molar-refractivity contribution in [2.24, 2.45) is 0 Å². The Morgan fingerprint density at radius 1 is 1.08 bits per heavy atom. The number of thioether (sulfide) groups is 1. The van der Waals surface area contributed by atoms with E-state index in [0.29, 0.717) is 10.9 Å². The molecule has 1 aliphatic heterocycles. The summed E-state index contributed by atoms with van der Waals surface area (Å²) in [6.07, 6.45) is 2.52. The summed E-state index contributed by atoms with van der Waals surface area (Å²) in [5, 5.41) is 3.59. The van der Waals surface area contributed by atoms with Crippen molar-refractivity contribution in [1.82, 2.24) is 9.97 Å². The second kappa shape index (κ2) is 7.87. The van der Waals surface area contributed by atoms with E-state index in [9.17, 15) is 4.79 Å².